The SMILES string of the molecule is Cc1cccc2c(=O)n(C)c(OC3(C)CC3)nc12. The summed E-state index contributed by atoms with van der Waals surface area (Å²) in [6, 6.07) is 6.06. The number of aromatic nitrogens is 2. The number of benzene rings is 1. The number of para-hydroxylation sites is 1. The van der Waals surface area contributed by atoms with E-state index in [1.54, 1.807) is 13.1 Å². The Hall–Kier alpha value is -1.84. The Balaban J connectivity index is 2.24. The molecule has 1 heterocycles. The van der Waals surface area contributed by atoms with Crippen LogP contribution in [0.3, 0.4) is 0 Å². The van der Waals surface area contributed by atoms with E-state index in [1.165, 1.54) is 4.57 Å². The predicted molar refractivity (Wildman–Crippen MR) is 70.0 cm³/mol. The van der Waals surface area contributed by atoms with Crippen molar-refractivity contribution in [2.24, 2.45) is 7.05 Å². The van der Waals surface area contributed by atoms with Crippen molar-refractivity contribution in [3.8, 4) is 6.01 Å². The molecule has 0 N–H and O–H groups in total. The summed E-state index contributed by atoms with van der Waals surface area (Å²) in [7, 11) is 1.71. The average Bonchev–Trinajstić information content (AvgIpc) is 3.05. The first-order chi connectivity index (χ1) is 8.50. The minimum absolute atomic E-state index is 0.0528. The fraction of sp³-hybridized carbons (Fsp3) is 0.429. The highest BCUT2D eigenvalue weighted by atomic mass is 16.5. The molecule has 0 radical (unpaired) electrons. The molecule has 0 amide bonds. The second-order valence-electron chi connectivity index (χ2n) is 5.28. The van der Waals surface area contributed by atoms with E-state index in [9.17, 15) is 4.79 Å². The van der Waals surface area contributed by atoms with Crippen molar-refractivity contribution in [2.75, 3.05) is 0 Å². The summed E-state index contributed by atoms with van der Waals surface area (Å²) in [4.78, 5) is 16.8. The summed E-state index contributed by atoms with van der Waals surface area (Å²) < 4.78 is 7.33. The molecule has 4 nitrogen and oxygen atoms in total. The van der Waals surface area contributed by atoms with Crippen LogP contribution >= 0.6 is 0 Å². The lowest BCUT2D eigenvalue weighted by Gasteiger charge is -2.15. The van der Waals surface area contributed by atoms with E-state index in [0.29, 0.717) is 11.4 Å². The molecule has 1 aromatic heterocycles. The van der Waals surface area contributed by atoms with Gasteiger partial charge < -0.3 is 4.74 Å². The standard InChI is InChI=1S/C14H16N2O2/c1-9-5-4-6-10-11(9)15-13(16(3)12(10)17)18-14(2)7-8-14/h4-6H,7-8H2,1-3H3. The van der Waals surface area contributed by atoms with Crippen molar-refractivity contribution in [2.45, 2.75) is 32.3 Å². The van der Waals surface area contributed by atoms with Crippen LogP contribution in [-0.4, -0.2) is 15.2 Å². The van der Waals surface area contributed by atoms with Crippen LogP contribution in [0.15, 0.2) is 23.0 Å². The van der Waals surface area contributed by atoms with Crippen molar-refractivity contribution in [3.63, 3.8) is 0 Å². The van der Waals surface area contributed by atoms with Crippen LogP contribution in [0.4, 0.5) is 0 Å². The van der Waals surface area contributed by atoms with Gasteiger partial charge in [0.25, 0.3) is 11.6 Å². The maximum atomic E-state index is 12.3. The molecule has 1 aliphatic carbocycles. The number of fused-ring (bicyclic) bond motifs is 1. The maximum Gasteiger partial charge on any atom is 0.300 e. The molecule has 0 spiro atoms. The van der Waals surface area contributed by atoms with Crippen molar-refractivity contribution in [1.82, 2.24) is 9.55 Å². The first kappa shape index (κ1) is 11.3. The molecule has 18 heavy (non-hydrogen) atoms. The zero-order chi connectivity index (χ0) is 12.9. The second kappa shape index (κ2) is 3.57. The van der Waals surface area contributed by atoms with Crippen LogP contribution in [0.1, 0.15) is 25.3 Å². The van der Waals surface area contributed by atoms with Crippen LogP contribution < -0.4 is 10.3 Å². The molecular weight excluding hydrogens is 228 g/mol. The Bertz CT molecular complexity index is 684. The summed E-state index contributed by atoms with van der Waals surface area (Å²) in [5.41, 5.74) is 1.55. The van der Waals surface area contributed by atoms with Crippen LogP contribution in [0.2, 0.25) is 0 Å². The van der Waals surface area contributed by atoms with Crippen molar-refractivity contribution >= 4 is 10.9 Å². The number of hydrogen-bond acceptors (Lipinski definition) is 3. The molecule has 0 saturated heterocycles. The van der Waals surface area contributed by atoms with Crippen molar-refractivity contribution in [3.05, 3.63) is 34.1 Å². The predicted octanol–water partition coefficient (Wildman–Crippen LogP) is 2.17. The Morgan fingerprint density at radius 3 is 2.78 bits per heavy atom. The van der Waals surface area contributed by atoms with Gasteiger partial charge in [0.2, 0.25) is 0 Å². The Morgan fingerprint density at radius 1 is 1.39 bits per heavy atom. The topological polar surface area (TPSA) is 44.1 Å². The molecule has 1 aromatic carbocycles. The van der Waals surface area contributed by atoms with E-state index in [2.05, 4.69) is 4.98 Å². The molecule has 0 atom stereocenters. The molecule has 0 bridgehead atoms. The fourth-order valence-electron chi connectivity index (χ4n) is 2.01. The lowest BCUT2D eigenvalue weighted by Crippen LogP contribution is -2.24. The van der Waals surface area contributed by atoms with Gasteiger partial charge in [-0.05, 0) is 38.3 Å². The Labute approximate surface area is 105 Å². The van der Waals surface area contributed by atoms with Gasteiger partial charge in [0.05, 0.1) is 10.9 Å². The zero-order valence-electron chi connectivity index (χ0n) is 10.9. The molecule has 3 rings (SSSR count). The van der Waals surface area contributed by atoms with Gasteiger partial charge in [0, 0.05) is 7.05 Å². The normalized spacial score (nSPS) is 16.8. The highest BCUT2D eigenvalue weighted by Crippen LogP contribution is 2.38. The summed E-state index contributed by atoms with van der Waals surface area (Å²) in [6.07, 6.45) is 2.04. The van der Waals surface area contributed by atoms with Gasteiger partial charge in [0.15, 0.2) is 0 Å². The third kappa shape index (κ3) is 1.68. The van der Waals surface area contributed by atoms with Crippen LogP contribution in [0.5, 0.6) is 6.01 Å². The highest BCUT2D eigenvalue weighted by Gasteiger charge is 2.41. The quantitative estimate of drug-likeness (QED) is 0.813. The van der Waals surface area contributed by atoms with E-state index in [-0.39, 0.29) is 11.2 Å². The molecule has 4 heteroatoms. The molecule has 0 aliphatic heterocycles. The van der Waals surface area contributed by atoms with E-state index in [4.69, 9.17) is 4.74 Å². The Morgan fingerprint density at radius 2 is 2.11 bits per heavy atom. The van der Waals surface area contributed by atoms with Gasteiger partial charge in [-0.3, -0.25) is 9.36 Å². The number of nitrogens with zero attached hydrogens (tertiary/aromatic N) is 2. The summed E-state index contributed by atoms with van der Waals surface area (Å²) in [5.74, 6) is 0. The van der Waals surface area contributed by atoms with Gasteiger partial charge in [-0.15, -0.1) is 0 Å². The largest absolute Gasteiger partial charge is 0.458 e. The smallest absolute Gasteiger partial charge is 0.300 e. The Kier molecular flexibility index (Phi) is 2.24. The highest BCUT2D eigenvalue weighted by molar-refractivity contribution is 5.81. The third-order valence-electron chi connectivity index (χ3n) is 3.56. The number of aryl methyl sites for hydroxylation is 1. The zero-order valence-corrected chi connectivity index (χ0v) is 10.9. The van der Waals surface area contributed by atoms with E-state index in [1.807, 2.05) is 26.0 Å². The van der Waals surface area contributed by atoms with Gasteiger partial charge in [-0.25, -0.2) is 0 Å². The lowest BCUT2D eigenvalue weighted by atomic mass is 10.1. The fourth-order valence-corrected chi connectivity index (χ4v) is 2.01. The number of rotatable bonds is 2. The minimum Gasteiger partial charge on any atom is -0.458 e. The minimum atomic E-state index is -0.131. The molecule has 2 aromatic rings. The van der Waals surface area contributed by atoms with Gasteiger partial charge in [0.1, 0.15) is 5.60 Å². The van der Waals surface area contributed by atoms with Crippen LogP contribution in [0, 0.1) is 6.92 Å². The third-order valence-corrected chi connectivity index (χ3v) is 3.56. The molecule has 1 fully saturated rings. The van der Waals surface area contributed by atoms with E-state index in [0.717, 1.165) is 23.9 Å². The summed E-state index contributed by atoms with van der Waals surface area (Å²) in [6.45, 7) is 4.00. The first-order valence-corrected chi connectivity index (χ1v) is 6.16. The monoisotopic (exact) mass is 244 g/mol. The molecule has 1 saturated carbocycles. The second-order valence-corrected chi connectivity index (χ2v) is 5.28. The van der Waals surface area contributed by atoms with Gasteiger partial charge in [-0.1, -0.05) is 12.1 Å². The van der Waals surface area contributed by atoms with E-state index < -0.39 is 0 Å². The molecule has 94 valence electrons. The molecular formula is C14H16N2O2. The van der Waals surface area contributed by atoms with Gasteiger partial charge in [-0.2, -0.15) is 4.98 Å². The maximum absolute atomic E-state index is 12.3. The van der Waals surface area contributed by atoms with E-state index >= 15 is 0 Å². The first-order valence-electron chi connectivity index (χ1n) is 6.16. The van der Waals surface area contributed by atoms with Crippen LogP contribution in [-0.2, 0) is 7.05 Å². The molecule has 0 unspecified atom stereocenters. The van der Waals surface area contributed by atoms with Crippen LogP contribution in [0.25, 0.3) is 10.9 Å². The summed E-state index contributed by atoms with van der Waals surface area (Å²) in [5, 5.41) is 0.644. The van der Waals surface area contributed by atoms with Crippen molar-refractivity contribution < 1.29 is 4.74 Å². The van der Waals surface area contributed by atoms with Crippen molar-refractivity contribution in [1.29, 1.82) is 0 Å². The molecule has 1 aliphatic rings. The summed E-state index contributed by atoms with van der Waals surface area (Å²) >= 11 is 0. The lowest BCUT2D eigenvalue weighted by molar-refractivity contribution is 0.174. The average molecular weight is 244 g/mol. The number of ether oxygens (including phenoxy) is 1. The number of hydrogen-bond donors (Lipinski definition) is 0. The van der Waals surface area contributed by atoms with Gasteiger partial charge >= 0.3 is 0 Å².